The lowest BCUT2D eigenvalue weighted by Gasteiger charge is -2.00. The molecule has 2 N–H and O–H groups in total. The third-order valence-corrected chi connectivity index (χ3v) is 1.70. The van der Waals surface area contributed by atoms with Gasteiger partial charge in [-0.05, 0) is 11.6 Å². The monoisotopic (exact) mass is 183 g/mol. The molecule has 0 aliphatic carbocycles. The van der Waals surface area contributed by atoms with E-state index in [4.69, 9.17) is 10.2 Å². The molecule has 70 valence electrons. The van der Waals surface area contributed by atoms with E-state index in [0.717, 1.165) is 0 Å². The fourth-order valence-corrected chi connectivity index (χ4v) is 1.01. The topological polar surface area (TPSA) is 83.6 Å². The van der Waals surface area contributed by atoms with E-state index in [-0.39, 0.29) is 24.5 Å². The summed E-state index contributed by atoms with van der Waals surface area (Å²) in [6.45, 7) is -0.616. The largest absolute Gasteiger partial charge is 0.392 e. The van der Waals surface area contributed by atoms with Gasteiger partial charge >= 0.3 is 0 Å². The van der Waals surface area contributed by atoms with Crippen molar-refractivity contribution in [2.24, 2.45) is 0 Å². The van der Waals surface area contributed by atoms with Crippen LogP contribution in [0.1, 0.15) is 11.1 Å². The number of benzene rings is 1. The first kappa shape index (κ1) is 9.63. The van der Waals surface area contributed by atoms with Crippen LogP contribution in [0.4, 0.5) is 5.69 Å². The zero-order chi connectivity index (χ0) is 9.84. The van der Waals surface area contributed by atoms with Crippen LogP contribution in [-0.2, 0) is 13.2 Å². The highest BCUT2D eigenvalue weighted by Gasteiger charge is 2.12. The van der Waals surface area contributed by atoms with Gasteiger partial charge in [-0.3, -0.25) is 10.1 Å². The highest BCUT2D eigenvalue weighted by molar-refractivity contribution is 5.42. The number of hydrogen-bond donors (Lipinski definition) is 2. The van der Waals surface area contributed by atoms with Gasteiger partial charge in [0.05, 0.1) is 23.7 Å². The summed E-state index contributed by atoms with van der Waals surface area (Å²) in [6, 6.07) is 4.23. The molecule has 0 amide bonds. The van der Waals surface area contributed by atoms with Crippen LogP contribution in [0, 0.1) is 10.1 Å². The second kappa shape index (κ2) is 3.97. The lowest BCUT2D eigenvalue weighted by Crippen LogP contribution is -1.97. The Bertz CT molecular complexity index is 324. The second-order valence-electron chi connectivity index (χ2n) is 2.54. The summed E-state index contributed by atoms with van der Waals surface area (Å²) >= 11 is 0. The Hall–Kier alpha value is -1.46. The highest BCUT2D eigenvalue weighted by Crippen LogP contribution is 2.20. The first-order chi connectivity index (χ1) is 6.19. The third kappa shape index (κ3) is 2.01. The maximum Gasteiger partial charge on any atom is 0.275 e. The van der Waals surface area contributed by atoms with Crippen molar-refractivity contribution < 1.29 is 15.1 Å². The van der Waals surface area contributed by atoms with Gasteiger partial charge in [0.1, 0.15) is 0 Å². The fraction of sp³-hybridized carbons (Fsp3) is 0.250. The molecule has 0 unspecified atom stereocenters. The Labute approximate surface area is 74.4 Å². The van der Waals surface area contributed by atoms with E-state index >= 15 is 0 Å². The molecule has 0 aliphatic heterocycles. The highest BCUT2D eigenvalue weighted by atomic mass is 16.6. The molecule has 0 radical (unpaired) electrons. The summed E-state index contributed by atoms with van der Waals surface area (Å²) in [5.74, 6) is 0. The van der Waals surface area contributed by atoms with Crippen molar-refractivity contribution in [2.75, 3.05) is 0 Å². The maximum atomic E-state index is 10.5. The standard InChI is InChI=1S/C8H9NO4/c10-4-6-1-2-7(5-11)8(3-6)9(12)13/h1-3,10-11H,4-5H2. The van der Waals surface area contributed by atoms with Gasteiger partial charge in [-0.15, -0.1) is 0 Å². The van der Waals surface area contributed by atoms with Crippen LogP contribution < -0.4 is 0 Å². The normalized spacial score (nSPS) is 10.0. The molecule has 0 spiro atoms. The molecule has 0 fully saturated rings. The van der Waals surface area contributed by atoms with Gasteiger partial charge in [-0.1, -0.05) is 6.07 Å². The minimum atomic E-state index is -0.579. The Balaban J connectivity index is 3.18. The summed E-state index contributed by atoms with van der Waals surface area (Å²) < 4.78 is 0. The summed E-state index contributed by atoms with van der Waals surface area (Å²) in [7, 11) is 0. The maximum absolute atomic E-state index is 10.5. The van der Waals surface area contributed by atoms with Crippen LogP contribution in [0.3, 0.4) is 0 Å². The first-order valence-corrected chi connectivity index (χ1v) is 3.67. The Morgan fingerprint density at radius 3 is 2.46 bits per heavy atom. The molecule has 5 heteroatoms. The lowest BCUT2D eigenvalue weighted by molar-refractivity contribution is -0.385. The van der Waals surface area contributed by atoms with E-state index in [9.17, 15) is 10.1 Å². The molecule has 1 aromatic rings. The van der Waals surface area contributed by atoms with E-state index < -0.39 is 4.92 Å². The van der Waals surface area contributed by atoms with E-state index in [2.05, 4.69) is 0 Å². The summed E-state index contributed by atoms with van der Waals surface area (Å²) in [4.78, 5) is 9.88. The summed E-state index contributed by atoms with van der Waals surface area (Å²) in [5, 5.41) is 27.9. The molecular weight excluding hydrogens is 174 g/mol. The Kier molecular flexibility index (Phi) is 2.94. The van der Waals surface area contributed by atoms with E-state index in [1.165, 1.54) is 12.1 Å². The van der Waals surface area contributed by atoms with Gasteiger partial charge in [0, 0.05) is 6.07 Å². The number of aliphatic hydroxyl groups is 2. The minimum absolute atomic E-state index is 0.158. The molecule has 0 saturated heterocycles. The number of rotatable bonds is 3. The second-order valence-corrected chi connectivity index (χ2v) is 2.54. The Morgan fingerprint density at radius 2 is 2.00 bits per heavy atom. The van der Waals surface area contributed by atoms with E-state index in [1.807, 2.05) is 0 Å². The lowest BCUT2D eigenvalue weighted by atomic mass is 10.1. The average Bonchev–Trinajstić information content (AvgIpc) is 2.16. The molecule has 0 bridgehead atoms. The molecular formula is C8H9NO4. The van der Waals surface area contributed by atoms with Crippen molar-refractivity contribution in [1.82, 2.24) is 0 Å². The van der Waals surface area contributed by atoms with Gasteiger partial charge in [0.25, 0.3) is 5.69 Å². The van der Waals surface area contributed by atoms with Gasteiger partial charge in [0.15, 0.2) is 0 Å². The average molecular weight is 183 g/mol. The van der Waals surface area contributed by atoms with Gasteiger partial charge in [-0.25, -0.2) is 0 Å². The van der Waals surface area contributed by atoms with Gasteiger partial charge < -0.3 is 10.2 Å². The number of nitro benzene ring substituents is 1. The molecule has 0 saturated carbocycles. The quantitative estimate of drug-likeness (QED) is 0.530. The zero-order valence-corrected chi connectivity index (χ0v) is 6.80. The smallest absolute Gasteiger partial charge is 0.275 e. The van der Waals surface area contributed by atoms with Crippen molar-refractivity contribution in [3.05, 3.63) is 39.4 Å². The van der Waals surface area contributed by atoms with Crippen molar-refractivity contribution in [3.8, 4) is 0 Å². The zero-order valence-electron chi connectivity index (χ0n) is 6.80. The van der Waals surface area contributed by atoms with Crippen molar-refractivity contribution in [1.29, 1.82) is 0 Å². The fourth-order valence-electron chi connectivity index (χ4n) is 1.01. The molecule has 0 aliphatic rings. The molecule has 1 rings (SSSR count). The van der Waals surface area contributed by atoms with Crippen molar-refractivity contribution in [2.45, 2.75) is 13.2 Å². The SMILES string of the molecule is O=[N+]([O-])c1cc(CO)ccc1CO. The molecule has 5 nitrogen and oxygen atoms in total. The van der Waals surface area contributed by atoms with E-state index in [1.54, 1.807) is 6.07 Å². The number of aliphatic hydroxyl groups excluding tert-OH is 2. The van der Waals surface area contributed by atoms with Crippen molar-refractivity contribution >= 4 is 5.69 Å². The van der Waals surface area contributed by atoms with Crippen LogP contribution in [0.5, 0.6) is 0 Å². The van der Waals surface area contributed by atoms with Crippen LogP contribution >= 0.6 is 0 Å². The van der Waals surface area contributed by atoms with Crippen LogP contribution in [0.25, 0.3) is 0 Å². The predicted molar refractivity (Wildman–Crippen MR) is 44.9 cm³/mol. The van der Waals surface area contributed by atoms with Crippen LogP contribution in [0.2, 0.25) is 0 Å². The molecule has 13 heavy (non-hydrogen) atoms. The number of nitro groups is 1. The predicted octanol–water partition coefficient (Wildman–Crippen LogP) is 0.579. The van der Waals surface area contributed by atoms with Crippen LogP contribution in [-0.4, -0.2) is 15.1 Å². The molecule has 1 aromatic carbocycles. The number of hydrogen-bond acceptors (Lipinski definition) is 4. The third-order valence-electron chi connectivity index (χ3n) is 1.70. The molecule has 0 heterocycles. The summed E-state index contributed by atoms with van der Waals surface area (Å²) in [5.41, 5.74) is 0.556. The minimum Gasteiger partial charge on any atom is -0.392 e. The van der Waals surface area contributed by atoms with Crippen LogP contribution in [0.15, 0.2) is 18.2 Å². The molecule has 0 aromatic heterocycles. The first-order valence-electron chi connectivity index (χ1n) is 3.67. The van der Waals surface area contributed by atoms with Gasteiger partial charge in [0.2, 0.25) is 0 Å². The molecule has 0 atom stereocenters. The number of nitrogens with zero attached hydrogens (tertiary/aromatic N) is 1. The summed E-state index contributed by atoms with van der Waals surface area (Å²) in [6.07, 6.45) is 0. The van der Waals surface area contributed by atoms with E-state index in [0.29, 0.717) is 5.56 Å². The Morgan fingerprint density at radius 1 is 1.31 bits per heavy atom. The van der Waals surface area contributed by atoms with Crippen molar-refractivity contribution in [3.63, 3.8) is 0 Å². The van der Waals surface area contributed by atoms with Gasteiger partial charge in [-0.2, -0.15) is 0 Å².